The third kappa shape index (κ3) is 5.65. The van der Waals surface area contributed by atoms with Crippen LogP contribution in [0.2, 0.25) is 0 Å². The predicted octanol–water partition coefficient (Wildman–Crippen LogP) is 4.67. The molecule has 0 amide bonds. The number of fused-ring (bicyclic) bond motifs is 1. The molecule has 1 atom stereocenters. The van der Waals surface area contributed by atoms with E-state index in [1.807, 2.05) is 61.7 Å². The first kappa shape index (κ1) is 25.1. The number of nitrogens with zero attached hydrogens (tertiary/aromatic N) is 2. The summed E-state index contributed by atoms with van der Waals surface area (Å²) >= 11 is 2.83. The van der Waals surface area contributed by atoms with Crippen molar-refractivity contribution >= 4 is 34.7 Å². The first-order valence-corrected chi connectivity index (χ1v) is 13.4. The third-order valence-electron chi connectivity index (χ3n) is 5.54. The Kier molecular flexibility index (Phi) is 7.72. The zero-order valence-electron chi connectivity index (χ0n) is 20.6. The van der Waals surface area contributed by atoms with Crippen LogP contribution in [0.25, 0.3) is 6.08 Å². The van der Waals surface area contributed by atoms with Crippen molar-refractivity contribution in [3.63, 3.8) is 0 Å². The lowest BCUT2D eigenvalue weighted by molar-refractivity contribution is -0.143. The Morgan fingerprint density at radius 1 is 1.17 bits per heavy atom. The molecule has 0 spiro atoms. The highest BCUT2D eigenvalue weighted by Crippen LogP contribution is 2.33. The Morgan fingerprint density at radius 3 is 2.54 bits per heavy atom. The summed E-state index contributed by atoms with van der Waals surface area (Å²) in [5, 5.41) is 1.94. The molecule has 3 heterocycles. The fourth-order valence-electron chi connectivity index (χ4n) is 3.80. The monoisotopic (exact) mass is 510 g/mol. The number of benzene rings is 1. The van der Waals surface area contributed by atoms with Crippen LogP contribution in [-0.2, 0) is 9.53 Å². The smallest absolute Gasteiger partial charge is 0.338 e. The normalized spacial score (nSPS) is 16.0. The minimum absolute atomic E-state index is 0.174. The van der Waals surface area contributed by atoms with Crippen molar-refractivity contribution in [2.75, 3.05) is 6.61 Å². The molecular weight excluding hydrogens is 480 g/mol. The van der Waals surface area contributed by atoms with Gasteiger partial charge in [-0.2, -0.15) is 0 Å². The van der Waals surface area contributed by atoms with Gasteiger partial charge in [-0.1, -0.05) is 43.4 Å². The van der Waals surface area contributed by atoms with E-state index in [-0.39, 0.29) is 11.7 Å². The van der Waals surface area contributed by atoms with Crippen LogP contribution in [0.3, 0.4) is 0 Å². The first-order valence-electron chi connectivity index (χ1n) is 11.7. The molecule has 0 saturated heterocycles. The second kappa shape index (κ2) is 10.7. The van der Waals surface area contributed by atoms with Gasteiger partial charge >= 0.3 is 5.97 Å². The molecule has 0 radical (unpaired) electrons. The number of thiazole rings is 1. The number of esters is 1. The minimum Gasteiger partial charge on any atom is -0.494 e. The van der Waals surface area contributed by atoms with Crippen LogP contribution >= 0.6 is 22.7 Å². The summed E-state index contributed by atoms with van der Waals surface area (Å²) in [4.78, 5) is 32.7. The molecule has 8 heteroatoms. The molecule has 35 heavy (non-hydrogen) atoms. The van der Waals surface area contributed by atoms with Crippen molar-refractivity contribution in [1.82, 2.24) is 4.57 Å². The highest BCUT2D eigenvalue weighted by Gasteiger charge is 2.34. The van der Waals surface area contributed by atoms with Gasteiger partial charge < -0.3 is 9.47 Å². The van der Waals surface area contributed by atoms with Crippen molar-refractivity contribution in [1.29, 1.82) is 0 Å². The quantitative estimate of drug-likeness (QED) is 0.413. The van der Waals surface area contributed by atoms with E-state index in [0.29, 0.717) is 33.1 Å². The Morgan fingerprint density at radius 2 is 1.91 bits per heavy atom. The van der Waals surface area contributed by atoms with Crippen molar-refractivity contribution < 1.29 is 14.3 Å². The molecule has 184 valence electrons. The zero-order chi connectivity index (χ0) is 25.1. The molecule has 6 nitrogen and oxygen atoms in total. The summed E-state index contributed by atoms with van der Waals surface area (Å²) in [7, 11) is 0. The van der Waals surface area contributed by atoms with Gasteiger partial charge in [-0.15, -0.1) is 11.3 Å². The highest BCUT2D eigenvalue weighted by atomic mass is 32.1. The van der Waals surface area contributed by atoms with E-state index in [0.717, 1.165) is 22.6 Å². The van der Waals surface area contributed by atoms with Gasteiger partial charge in [-0.05, 0) is 68.3 Å². The molecule has 3 aromatic rings. The molecule has 1 unspecified atom stereocenters. The van der Waals surface area contributed by atoms with Crippen LogP contribution in [0.5, 0.6) is 5.75 Å². The van der Waals surface area contributed by atoms with Gasteiger partial charge in [0.25, 0.3) is 5.56 Å². The van der Waals surface area contributed by atoms with Crippen LogP contribution in [0.15, 0.2) is 62.8 Å². The third-order valence-corrected chi connectivity index (χ3v) is 7.45. The molecule has 0 N–H and O–H groups in total. The summed E-state index contributed by atoms with van der Waals surface area (Å²) in [6.45, 7) is 10.4. The molecule has 0 saturated carbocycles. The lowest BCUT2D eigenvalue weighted by Gasteiger charge is -2.24. The predicted molar refractivity (Wildman–Crippen MR) is 141 cm³/mol. The number of carbonyl (C=O) groups is 1. The van der Waals surface area contributed by atoms with Crippen molar-refractivity contribution in [3.8, 4) is 5.75 Å². The Balaban J connectivity index is 1.72. The fourth-order valence-corrected chi connectivity index (χ4v) is 5.67. The van der Waals surface area contributed by atoms with E-state index in [4.69, 9.17) is 9.47 Å². The molecule has 0 bridgehead atoms. The average molecular weight is 511 g/mol. The summed E-state index contributed by atoms with van der Waals surface area (Å²) in [5.74, 6) is 0.961. The Labute approximate surface area is 212 Å². The molecule has 2 aromatic heterocycles. The van der Waals surface area contributed by atoms with Crippen LogP contribution in [-0.4, -0.2) is 23.2 Å². The summed E-state index contributed by atoms with van der Waals surface area (Å²) < 4.78 is 13.5. The van der Waals surface area contributed by atoms with Crippen LogP contribution in [0, 0.1) is 5.92 Å². The topological polar surface area (TPSA) is 69.9 Å². The van der Waals surface area contributed by atoms with Crippen LogP contribution < -0.4 is 19.6 Å². The lowest BCUT2D eigenvalue weighted by Crippen LogP contribution is -2.39. The van der Waals surface area contributed by atoms with Gasteiger partial charge in [-0.3, -0.25) is 9.36 Å². The molecule has 0 fully saturated rings. The maximum absolute atomic E-state index is 13.6. The van der Waals surface area contributed by atoms with E-state index in [1.54, 1.807) is 11.5 Å². The van der Waals surface area contributed by atoms with Gasteiger partial charge in [0.1, 0.15) is 11.8 Å². The maximum atomic E-state index is 13.6. The number of allylic oxidation sites excluding steroid dienone is 1. The van der Waals surface area contributed by atoms with E-state index in [1.165, 1.54) is 22.7 Å². The van der Waals surface area contributed by atoms with Crippen LogP contribution in [0.4, 0.5) is 0 Å². The largest absolute Gasteiger partial charge is 0.494 e. The number of rotatable bonds is 8. The number of hydrogen-bond donors (Lipinski definition) is 0. The van der Waals surface area contributed by atoms with E-state index >= 15 is 0 Å². The maximum Gasteiger partial charge on any atom is 0.338 e. The lowest BCUT2D eigenvalue weighted by atomic mass is 10.0. The van der Waals surface area contributed by atoms with Crippen molar-refractivity contribution in [2.24, 2.45) is 10.9 Å². The molecule has 0 aliphatic carbocycles. The van der Waals surface area contributed by atoms with Gasteiger partial charge in [0.2, 0.25) is 0 Å². The highest BCUT2D eigenvalue weighted by molar-refractivity contribution is 7.10. The zero-order valence-corrected chi connectivity index (χ0v) is 22.2. The molecule has 1 aromatic carbocycles. The fraction of sp³-hybridized carbons (Fsp3) is 0.370. The molecule has 1 aliphatic rings. The van der Waals surface area contributed by atoms with Gasteiger partial charge in [0.05, 0.1) is 28.5 Å². The Bertz CT molecular complexity index is 1390. The average Bonchev–Trinajstić information content (AvgIpc) is 3.42. The number of carbonyl (C=O) groups excluding carboxylic acids is 1. The number of ether oxygens (including phenoxy) is 2. The van der Waals surface area contributed by atoms with Crippen molar-refractivity contribution in [2.45, 2.75) is 53.2 Å². The summed E-state index contributed by atoms with van der Waals surface area (Å²) in [5.41, 5.74) is 1.70. The van der Waals surface area contributed by atoms with Gasteiger partial charge in [0.15, 0.2) is 4.80 Å². The molecule has 4 rings (SSSR count). The van der Waals surface area contributed by atoms with E-state index < -0.39 is 12.0 Å². The minimum atomic E-state index is -0.559. The Hall–Kier alpha value is -2.97. The van der Waals surface area contributed by atoms with E-state index in [9.17, 15) is 9.59 Å². The number of hydrogen-bond acceptors (Lipinski definition) is 7. The summed E-state index contributed by atoms with van der Waals surface area (Å²) in [6.07, 6.45) is 2.59. The standard InChI is InChI=1S/C27H30N2O4S2/c1-16(2)12-13-32-20-10-8-19(9-11-20)15-22-25(30)29-24(21-7-6-14-34-21)23(26(31)33-17(3)4)18(5)28-27(29)35-22/h6-11,14-17,24H,12-13H2,1-5H3/b22-15-. The van der Waals surface area contributed by atoms with Crippen molar-refractivity contribution in [3.05, 3.63) is 83.2 Å². The number of aromatic nitrogens is 1. The second-order valence-corrected chi connectivity index (χ2v) is 11.1. The second-order valence-electron chi connectivity index (χ2n) is 9.15. The molecule has 1 aliphatic heterocycles. The first-order chi connectivity index (χ1) is 16.7. The number of thiophene rings is 1. The summed E-state index contributed by atoms with van der Waals surface area (Å²) in [6, 6.07) is 11.0. The van der Waals surface area contributed by atoms with Crippen LogP contribution in [0.1, 0.15) is 57.5 Å². The van der Waals surface area contributed by atoms with E-state index in [2.05, 4.69) is 18.8 Å². The van der Waals surface area contributed by atoms with Gasteiger partial charge in [-0.25, -0.2) is 9.79 Å². The van der Waals surface area contributed by atoms with Gasteiger partial charge in [0, 0.05) is 4.88 Å². The molecular formula is C27H30N2O4S2. The SMILES string of the molecule is CC1=C(C(=O)OC(C)C)C(c2cccs2)n2c(s/c(=C\c3ccc(OCCC(C)C)cc3)c2=O)=N1.